The summed E-state index contributed by atoms with van der Waals surface area (Å²) in [5.41, 5.74) is 1.33. The second-order valence-electron chi connectivity index (χ2n) is 9.60. The summed E-state index contributed by atoms with van der Waals surface area (Å²) >= 11 is 0. The van der Waals surface area contributed by atoms with Crippen LogP contribution in [0.4, 0.5) is 0 Å². The fraction of sp³-hybridized carbons (Fsp3) is 0.357. The van der Waals surface area contributed by atoms with Crippen molar-refractivity contribution in [1.82, 2.24) is 9.80 Å². The lowest BCUT2D eigenvalue weighted by Crippen LogP contribution is -2.43. The van der Waals surface area contributed by atoms with Gasteiger partial charge in [-0.15, -0.1) is 0 Å². The number of fused-ring (bicyclic) bond motifs is 2. The van der Waals surface area contributed by atoms with Crippen LogP contribution < -0.4 is 18.9 Å². The van der Waals surface area contributed by atoms with Crippen LogP contribution in [0, 0.1) is 12.8 Å². The summed E-state index contributed by atoms with van der Waals surface area (Å²) in [5.74, 6) is 3.64. The first kappa shape index (κ1) is 24.5. The molecule has 2 aliphatic rings. The summed E-state index contributed by atoms with van der Waals surface area (Å²) in [6.45, 7) is 7.15. The van der Waals surface area contributed by atoms with E-state index in [9.17, 15) is 9.59 Å². The molecule has 3 aromatic rings. The minimum atomic E-state index is -0.239. The van der Waals surface area contributed by atoms with E-state index in [0.717, 1.165) is 11.3 Å². The van der Waals surface area contributed by atoms with Crippen LogP contribution in [0.25, 0.3) is 0 Å². The van der Waals surface area contributed by atoms with Crippen molar-refractivity contribution in [2.24, 2.45) is 5.92 Å². The second kappa shape index (κ2) is 10.5. The lowest BCUT2D eigenvalue weighted by atomic mass is 10.1. The van der Waals surface area contributed by atoms with Crippen molar-refractivity contribution < 1.29 is 33.0 Å². The molecule has 0 saturated heterocycles. The van der Waals surface area contributed by atoms with Gasteiger partial charge in [0, 0.05) is 18.7 Å². The van der Waals surface area contributed by atoms with Gasteiger partial charge in [-0.3, -0.25) is 9.59 Å². The number of rotatable bonds is 9. The third-order valence-corrected chi connectivity index (χ3v) is 6.12. The van der Waals surface area contributed by atoms with Crippen LogP contribution >= 0.6 is 0 Å². The summed E-state index contributed by atoms with van der Waals surface area (Å²) < 4.78 is 27.5. The molecule has 0 radical (unpaired) electrons. The average Bonchev–Trinajstić information content (AvgIpc) is 3.62. The molecule has 5 rings (SSSR count). The largest absolute Gasteiger partial charge is 0.464 e. The second-order valence-corrected chi connectivity index (χ2v) is 9.60. The van der Waals surface area contributed by atoms with Crippen LogP contribution in [0.1, 0.15) is 41.3 Å². The van der Waals surface area contributed by atoms with Crippen molar-refractivity contribution in [3.05, 3.63) is 71.2 Å². The molecule has 2 aromatic carbocycles. The Bertz CT molecular complexity index is 1300. The Hall–Kier alpha value is -4.14. The van der Waals surface area contributed by atoms with E-state index in [4.69, 9.17) is 23.4 Å². The van der Waals surface area contributed by atoms with Crippen LogP contribution in [0.15, 0.2) is 52.9 Å². The number of furan rings is 1. The van der Waals surface area contributed by atoms with Crippen LogP contribution in [-0.2, 0) is 17.9 Å². The summed E-state index contributed by atoms with van der Waals surface area (Å²) in [6.07, 6.45) is 0. The molecular weight excluding hydrogens is 476 g/mol. The Balaban J connectivity index is 1.37. The number of ether oxygens (including phenoxy) is 4. The molecule has 194 valence electrons. The van der Waals surface area contributed by atoms with Crippen LogP contribution in [-0.4, -0.2) is 48.3 Å². The predicted octanol–water partition coefficient (Wildman–Crippen LogP) is 4.37. The van der Waals surface area contributed by atoms with Gasteiger partial charge in [0.15, 0.2) is 23.0 Å². The number of aryl methyl sites for hydroxylation is 1. The van der Waals surface area contributed by atoms with Gasteiger partial charge in [0.2, 0.25) is 19.5 Å². The first-order valence-electron chi connectivity index (χ1n) is 12.3. The fourth-order valence-corrected chi connectivity index (χ4v) is 4.39. The molecule has 0 aliphatic carbocycles. The summed E-state index contributed by atoms with van der Waals surface area (Å²) in [5, 5.41) is 0. The molecule has 9 heteroatoms. The maximum absolute atomic E-state index is 13.7. The third kappa shape index (κ3) is 5.66. The van der Waals surface area contributed by atoms with Crippen LogP contribution in [0.3, 0.4) is 0 Å². The van der Waals surface area contributed by atoms with E-state index in [-0.39, 0.29) is 44.4 Å². The molecule has 2 amide bonds. The van der Waals surface area contributed by atoms with Crippen LogP contribution in [0.2, 0.25) is 0 Å². The van der Waals surface area contributed by atoms with Gasteiger partial charge in [0.25, 0.3) is 5.91 Å². The monoisotopic (exact) mass is 506 g/mol. The number of benzene rings is 2. The normalized spacial score (nSPS) is 13.2. The number of nitrogens with zero attached hydrogens (tertiary/aromatic N) is 2. The first-order valence-corrected chi connectivity index (χ1v) is 12.3. The van der Waals surface area contributed by atoms with E-state index in [0.29, 0.717) is 47.4 Å². The Morgan fingerprint density at radius 2 is 1.49 bits per heavy atom. The molecule has 0 unspecified atom stereocenters. The van der Waals surface area contributed by atoms with E-state index in [1.54, 1.807) is 28.0 Å². The molecule has 0 saturated carbocycles. The Morgan fingerprint density at radius 1 is 0.811 bits per heavy atom. The minimum Gasteiger partial charge on any atom is -0.464 e. The van der Waals surface area contributed by atoms with E-state index in [2.05, 4.69) is 0 Å². The molecule has 0 bridgehead atoms. The van der Waals surface area contributed by atoms with Crippen molar-refractivity contribution in [2.45, 2.75) is 33.9 Å². The van der Waals surface area contributed by atoms with Gasteiger partial charge in [-0.1, -0.05) is 19.9 Å². The topological polar surface area (TPSA) is 90.7 Å². The maximum atomic E-state index is 13.7. The van der Waals surface area contributed by atoms with Gasteiger partial charge >= 0.3 is 0 Å². The molecule has 0 spiro atoms. The molecule has 9 nitrogen and oxygen atoms in total. The van der Waals surface area contributed by atoms with Crippen molar-refractivity contribution in [3.8, 4) is 23.0 Å². The van der Waals surface area contributed by atoms with E-state index in [1.165, 1.54) is 0 Å². The molecule has 0 fully saturated rings. The zero-order chi connectivity index (χ0) is 25.9. The zero-order valence-electron chi connectivity index (χ0n) is 21.2. The zero-order valence-corrected chi connectivity index (χ0v) is 21.2. The number of carbonyl (C=O) groups excluding carboxylic acids is 2. The average molecular weight is 507 g/mol. The lowest BCUT2D eigenvalue weighted by Gasteiger charge is -2.28. The molecular formula is C28H30N2O7. The Labute approximate surface area is 215 Å². The Morgan fingerprint density at radius 3 is 2.16 bits per heavy atom. The van der Waals surface area contributed by atoms with Gasteiger partial charge in [0.1, 0.15) is 18.1 Å². The van der Waals surface area contributed by atoms with E-state index < -0.39 is 0 Å². The smallest absolute Gasteiger partial charge is 0.254 e. The summed E-state index contributed by atoms with van der Waals surface area (Å²) in [6, 6.07) is 14.4. The summed E-state index contributed by atoms with van der Waals surface area (Å²) in [4.78, 5) is 30.5. The minimum absolute atomic E-state index is 0.0737. The van der Waals surface area contributed by atoms with E-state index >= 15 is 0 Å². The number of amides is 2. The SMILES string of the molecule is Cc1ccc(CN(Cc2ccc3c(c2)OCO3)C(=O)CN(CC(C)C)C(=O)c2ccc3c(c2)OCO3)o1. The van der Waals surface area contributed by atoms with Gasteiger partial charge in [-0.25, -0.2) is 0 Å². The fourth-order valence-electron chi connectivity index (χ4n) is 4.39. The Kier molecular flexibility index (Phi) is 6.94. The number of hydrogen-bond acceptors (Lipinski definition) is 7. The molecule has 2 aliphatic heterocycles. The maximum Gasteiger partial charge on any atom is 0.254 e. The lowest BCUT2D eigenvalue weighted by molar-refractivity contribution is -0.133. The van der Waals surface area contributed by atoms with Gasteiger partial charge in [-0.2, -0.15) is 0 Å². The highest BCUT2D eigenvalue weighted by Crippen LogP contribution is 2.34. The molecule has 0 N–H and O–H groups in total. The molecule has 37 heavy (non-hydrogen) atoms. The van der Waals surface area contributed by atoms with Crippen molar-refractivity contribution >= 4 is 11.8 Å². The standard InChI is InChI=1S/C28H30N2O7/c1-18(2)12-30(28(32)21-6-9-24-26(11-21)36-17-34-24)15-27(31)29(14-22-7-4-19(3)37-22)13-20-5-8-23-25(10-20)35-16-33-23/h4-11,18H,12-17H2,1-3H3. The molecule has 3 heterocycles. The van der Waals surface area contributed by atoms with Gasteiger partial charge in [-0.05, 0) is 60.9 Å². The summed E-state index contributed by atoms with van der Waals surface area (Å²) in [7, 11) is 0. The predicted molar refractivity (Wildman–Crippen MR) is 134 cm³/mol. The van der Waals surface area contributed by atoms with Crippen molar-refractivity contribution in [2.75, 3.05) is 26.7 Å². The van der Waals surface area contributed by atoms with E-state index in [1.807, 2.05) is 51.1 Å². The molecule has 1 aromatic heterocycles. The highest BCUT2D eigenvalue weighted by molar-refractivity contribution is 5.97. The van der Waals surface area contributed by atoms with Gasteiger partial charge in [0.05, 0.1) is 6.54 Å². The van der Waals surface area contributed by atoms with Gasteiger partial charge < -0.3 is 33.2 Å². The first-order chi connectivity index (χ1) is 17.9. The third-order valence-electron chi connectivity index (χ3n) is 6.12. The number of carbonyl (C=O) groups is 2. The number of hydrogen-bond donors (Lipinski definition) is 0. The van der Waals surface area contributed by atoms with Crippen molar-refractivity contribution in [3.63, 3.8) is 0 Å². The molecule has 0 atom stereocenters. The van der Waals surface area contributed by atoms with Crippen LogP contribution in [0.5, 0.6) is 23.0 Å². The highest BCUT2D eigenvalue weighted by Gasteiger charge is 2.26. The highest BCUT2D eigenvalue weighted by atomic mass is 16.7. The quantitative estimate of drug-likeness (QED) is 0.426. The van der Waals surface area contributed by atoms with Crippen molar-refractivity contribution in [1.29, 1.82) is 0 Å².